The lowest BCUT2D eigenvalue weighted by molar-refractivity contribution is -0.137. The number of amides is 1. The van der Waals surface area contributed by atoms with Crippen LogP contribution in [0.5, 0.6) is 0 Å². The molecule has 1 aliphatic rings. The first-order valence-electron chi connectivity index (χ1n) is 6.06. The molecule has 0 saturated heterocycles. The summed E-state index contributed by atoms with van der Waals surface area (Å²) in [4.78, 5) is 11.8. The van der Waals surface area contributed by atoms with E-state index in [4.69, 9.17) is 5.73 Å². The smallest absolute Gasteiger partial charge is 0.397 e. The number of nitrogens with one attached hydrogen (secondary N) is 1. The van der Waals surface area contributed by atoms with E-state index >= 15 is 0 Å². The first kappa shape index (κ1) is 13.7. The summed E-state index contributed by atoms with van der Waals surface area (Å²) in [6.45, 7) is 1.81. The maximum absolute atomic E-state index is 12.5. The molecule has 0 aromatic heterocycles. The first-order chi connectivity index (χ1) is 8.79. The fourth-order valence-electron chi connectivity index (χ4n) is 1.91. The molecule has 1 unspecified atom stereocenters. The van der Waals surface area contributed by atoms with Gasteiger partial charge in [-0.05, 0) is 37.0 Å². The Bertz CT molecular complexity index is 495. The molecular formula is C13H15F3N2O. The lowest BCUT2D eigenvalue weighted by Crippen LogP contribution is -2.22. The highest BCUT2D eigenvalue weighted by atomic mass is 19.4. The van der Waals surface area contributed by atoms with Crippen LogP contribution in [0, 0.1) is 11.8 Å². The van der Waals surface area contributed by atoms with E-state index < -0.39 is 11.7 Å². The molecule has 2 rings (SSSR count). The van der Waals surface area contributed by atoms with Crippen LogP contribution in [0.4, 0.5) is 24.5 Å². The van der Waals surface area contributed by atoms with Crippen LogP contribution in [0.15, 0.2) is 18.2 Å². The maximum atomic E-state index is 12.5. The Kier molecular flexibility index (Phi) is 3.43. The normalized spacial score (nSPS) is 17.1. The SMILES string of the molecule is CC(C(=O)Nc1ccc(C(F)(F)F)cc1N)C1CC1. The summed E-state index contributed by atoms with van der Waals surface area (Å²) in [5, 5.41) is 2.58. The average Bonchev–Trinajstić information content (AvgIpc) is 3.13. The molecule has 1 fully saturated rings. The molecule has 1 aromatic rings. The van der Waals surface area contributed by atoms with E-state index in [1.165, 1.54) is 6.07 Å². The van der Waals surface area contributed by atoms with Crippen LogP contribution in [0.25, 0.3) is 0 Å². The van der Waals surface area contributed by atoms with Crippen molar-refractivity contribution < 1.29 is 18.0 Å². The minimum atomic E-state index is -4.43. The Morgan fingerprint density at radius 2 is 2.05 bits per heavy atom. The summed E-state index contributed by atoms with van der Waals surface area (Å²) in [5.74, 6) is 0.0475. The van der Waals surface area contributed by atoms with Crippen LogP contribution in [-0.4, -0.2) is 5.91 Å². The molecule has 0 bridgehead atoms. The Hall–Kier alpha value is -1.72. The number of nitrogen functional groups attached to an aromatic ring is 1. The molecule has 1 atom stereocenters. The van der Waals surface area contributed by atoms with E-state index in [-0.39, 0.29) is 23.2 Å². The van der Waals surface area contributed by atoms with Gasteiger partial charge in [-0.1, -0.05) is 6.92 Å². The van der Waals surface area contributed by atoms with Crippen LogP contribution >= 0.6 is 0 Å². The van der Waals surface area contributed by atoms with Crippen molar-refractivity contribution in [2.24, 2.45) is 11.8 Å². The summed E-state index contributed by atoms with van der Waals surface area (Å²) < 4.78 is 37.4. The number of carbonyl (C=O) groups excluding carboxylic acids is 1. The molecule has 3 nitrogen and oxygen atoms in total. The van der Waals surface area contributed by atoms with E-state index in [0.29, 0.717) is 5.92 Å². The third-order valence-corrected chi connectivity index (χ3v) is 3.38. The van der Waals surface area contributed by atoms with Crippen LogP contribution in [0.3, 0.4) is 0 Å². The summed E-state index contributed by atoms with van der Waals surface area (Å²) in [5.41, 5.74) is 4.87. The number of halogens is 3. The second-order valence-electron chi connectivity index (χ2n) is 4.92. The van der Waals surface area contributed by atoms with Gasteiger partial charge in [0.05, 0.1) is 16.9 Å². The zero-order valence-electron chi connectivity index (χ0n) is 10.4. The summed E-state index contributed by atoms with van der Waals surface area (Å²) in [6, 6.07) is 2.93. The number of alkyl halides is 3. The number of rotatable bonds is 3. The van der Waals surface area contributed by atoms with Gasteiger partial charge >= 0.3 is 6.18 Å². The molecule has 6 heteroatoms. The molecule has 1 aliphatic carbocycles. The lowest BCUT2D eigenvalue weighted by Gasteiger charge is -2.14. The van der Waals surface area contributed by atoms with Crippen LogP contribution in [-0.2, 0) is 11.0 Å². The van der Waals surface area contributed by atoms with Gasteiger partial charge in [0.1, 0.15) is 0 Å². The Morgan fingerprint density at radius 1 is 1.42 bits per heavy atom. The van der Waals surface area contributed by atoms with Crippen LogP contribution < -0.4 is 11.1 Å². The first-order valence-corrected chi connectivity index (χ1v) is 6.06. The van der Waals surface area contributed by atoms with Gasteiger partial charge < -0.3 is 11.1 Å². The number of benzene rings is 1. The number of hydrogen-bond donors (Lipinski definition) is 2. The number of carbonyl (C=O) groups is 1. The summed E-state index contributed by atoms with van der Waals surface area (Å²) in [7, 11) is 0. The van der Waals surface area contributed by atoms with Crippen molar-refractivity contribution in [2.45, 2.75) is 25.9 Å². The van der Waals surface area contributed by atoms with Crippen molar-refractivity contribution in [3.8, 4) is 0 Å². The maximum Gasteiger partial charge on any atom is 0.416 e. The molecule has 0 radical (unpaired) electrons. The highest BCUT2D eigenvalue weighted by Crippen LogP contribution is 2.37. The fourth-order valence-corrected chi connectivity index (χ4v) is 1.91. The monoisotopic (exact) mass is 272 g/mol. The van der Waals surface area contributed by atoms with Gasteiger partial charge in [-0.3, -0.25) is 4.79 Å². The van der Waals surface area contributed by atoms with Crippen molar-refractivity contribution in [1.82, 2.24) is 0 Å². The lowest BCUT2D eigenvalue weighted by atomic mass is 10.1. The van der Waals surface area contributed by atoms with E-state index in [2.05, 4.69) is 5.32 Å². The molecule has 0 spiro atoms. The summed E-state index contributed by atoms with van der Waals surface area (Å²) in [6.07, 6.45) is -2.38. The van der Waals surface area contributed by atoms with Crippen molar-refractivity contribution in [1.29, 1.82) is 0 Å². The van der Waals surface area contributed by atoms with Crippen molar-refractivity contribution >= 4 is 17.3 Å². The molecule has 1 saturated carbocycles. The largest absolute Gasteiger partial charge is 0.416 e. The van der Waals surface area contributed by atoms with Gasteiger partial charge in [-0.25, -0.2) is 0 Å². The van der Waals surface area contributed by atoms with Gasteiger partial charge in [-0.15, -0.1) is 0 Å². The number of hydrogen-bond acceptors (Lipinski definition) is 2. The zero-order chi connectivity index (χ0) is 14.2. The molecule has 1 amide bonds. The van der Waals surface area contributed by atoms with Gasteiger partial charge in [0.15, 0.2) is 0 Å². The average molecular weight is 272 g/mol. The second-order valence-corrected chi connectivity index (χ2v) is 4.92. The van der Waals surface area contributed by atoms with Gasteiger partial charge in [-0.2, -0.15) is 13.2 Å². The standard InChI is InChI=1S/C13H15F3N2O/c1-7(8-2-3-8)12(19)18-11-5-4-9(6-10(11)17)13(14,15)16/h4-8H,2-3,17H2,1H3,(H,18,19). The topological polar surface area (TPSA) is 55.1 Å². The van der Waals surface area contributed by atoms with E-state index in [0.717, 1.165) is 25.0 Å². The van der Waals surface area contributed by atoms with Crippen molar-refractivity contribution in [3.05, 3.63) is 23.8 Å². The Morgan fingerprint density at radius 3 is 2.53 bits per heavy atom. The fraction of sp³-hybridized carbons (Fsp3) is 0.462. The summed E-state index contributed by atoms with van der Waals surface area (Å²) >= 11 is 0. The van der Waals surface area contributed by atoms with Crippen molar-refractivity contribution in [3.63, 3.8) is 0 Å². The highest BCUT2D eigenvalue weighted by molar-refractivity contribution is 5.95. The Labute approximate surface area is 109 Å². The second kappa shape index (κ2) is 4.75. The van der Waals surface area contributed by atoms with Crippen LogP contribution in [0.2, 0.25) is 0 Å². The highest BCUT2D eigenvalue weighted by Gasteiger charge is 2.33. The molecule has 3 N–H and O–H groups in total. The van der Waals surface area contributed by atoms with Gasteiger partial charge in [0, 0.05) is 5.92 Å². The van der Waals surface area contributed by atoms with Gasteiger partial charge in [0.2, 0.25) is 5.91 Å². The molecule has 19 heavy (non-hydrogen) atoms. The predicted octanol–water partition coefficient (Wildman–Crippen LogP) is 3.27. The van der Waals surface area contributed by atoms with E-state index in [1.807, 2.05) is 6.92 Å². The van der Waals surface area contributed by atoms with Crippen molar-refractivity contribution in [2.75, 3.05) is 11.1 Å². The number of anilines is 2. The molecule has 0 aliphatic heterocycles. The van der Waals surface area contributed by atoms with Crippen LogP contribution in [0.1, 0.15) is 25.3 Å². The molecule has 1 aromatic carbocycles. The Balaban J connectivity index is 2.10. The third kappa shape index (κ3) is 3.19. The minimum absolute atomic E-state index is 0.0776. The third-order valence-electron chi connectivity index (χ3n) is 3.38. The molecular weight excluding hydrogens is 257 g/mol. The molecule has 104 valence electrons. The minimum Gasteiger partial charge on any atom is -0.397 e. The number of nitrogens with two attached hydrogens (primary N) is 1. The van der Waals surface area contributed by atoms with E-state index in [1.54, 1.807) is 0 Å². The van der Waals surface area contributed by atoms with E-state index in [9.17, 15) is 18.0 Å². The zero-order valence-corrected chi connectivity index (χ0v) is 10.4. The quantitative estimate of drug-likeness (QED) is 0.830. The van der Waals surface area contributed by atoms with Gasteiger partial charge in [0.25, 0.3) is 0 Å². The molecule has 0 heterocycles. The predicted molar refractivity (Wildman–Crippen MR) is 66.4 cm³/mol.